The minimum atomic E-state index is 0.0159. The number of halogens is 2. The first kappa shape index (κ1) is 22.5. The zero-order chi connectivity index (χ0) is 22.9. The highest BCUT2D eigenvalue weighted by molar-refractivity contribution is 6.35. The Morgan fingerprint density at radius 1 is 1.12 bits per heavy atom. The Bertz CT molecular complexity index is 1150. The number of nitrogens with zero attached hydrogens (tertiary/aromatic N) is 4. The van der Waals surface area contributed by atoms with Crippen molar-refractivity contribution in [3.05, 3.63) is 58.3 Å². The molecule has 2 saturated heterocycles. The van der Waals surface area contributed by atoms with Gasteiger partial charge in [0, 0.05) is 48.5 Å². The topological polar surface area (TPSA) is 50.6 Å². The summed E-state index contributed by atoms with van der Waals surface area (Å²) in [5, 5.41) is 1.28. The van der Waals surface area contributed by atoms with Crippen molar-refractivity contribution in [2.75, 3.05) is 44.3 Å². The van der Waals surface area contributed by atoms with Crippen LogP contribution in [-0.4, -0.2) is 59.8 Å². The van der Waals surface area contributed by atoms with E-state index >= 15 is 0 Å². The largest absolute Gasteiger partial charge is 0.381 e. The summed E-state index contributed by atoms with van der Waals surface area (Å²) in [6.45, 7) is 6.57. The fourth-order valence-corrected chi connectivity index (χ4v) is 5.46. The summed E-state index contributed by atoms with van der Waals surface area (Å²) in [5.74, 6) is 0.272. The van der Waals surface area contributed by atoms with Crippen LogP contribution in [0.15, 0.2) is 42.7 Å². The average molecular weight is 487 g/mol. The molecule has 2 aliphatic rings. The number of rotatable bonds is 4. The van der Waals surface area contributed by atoms with Crippen molar-refractivity contribution in [2.45, 2.75) is 25.8 Å². The van der Waals surface area contributed by atoms with E-state index < -0.39 is 0 Å². The van der Waals surface area contributed by atoms with Gasteiger partial charge < -0.3 is 19.1 Å². The van der Waals surface area contributed by atoms with Crippen LogP contribution < -0.4 is 4.90 Å². The van der Waals surface area contributed by atoms with Gasteiger partial charge in [-0.2, -0.15) is 0 Å². The maximum absolute atomic E-state index is 12.8. The van der Waals surface area contributed by atoms with Crippen LogP contribution in [0, 0.1) is 5.92 Å². The van der Waals surface area contributed by atoms with Crippen LogP contribution in [0.25, 0.3) is 11.0 Å². The van der Waals surface area contributed by atoms with Gasteiger partial charge in [0.05, 0.1) is 35.9 Å². The van der Waals surface area contributed by atoms with E-state index in [4.69, 9.17) is 27.9 Å². The molecule has 2 fully saturated rings. The van der Waals surface area contributed by atoms with E-state index in [-0.39, 0.29) is 17.9 Å². The molecular weight excluding hydrogens is 459 g/mol. The first-order chi connectivity index (χ1) is 16.0. The average Bonchev–Trinajstić information content (AvgIpc) is 3.27. The minimum Gasteiger partial charge on any atom is -0.381 e. The lowest BCUT2D eigenvalue weighted by Gasteiger charge is -2.38. The van der Waals surface area contributed by atoms with Crippen LogP contribution in [0.3, 0.4) is 0 Å². The molecule has 1 amide bonds. The smallest absolute Gasteiger partial charge is 0.228 e. The molecule has 2 aliphatic heterocycles. The molecule has 0 bridgehead atoms. The van der Waals surface area contributed by atoms with Crippen LogP contribution in [0.4, 0.5) is 5.69 Å². The summed E-state index contributed by atoms with van der Waals surface area (Å²) in [4.78, 5) is 21.8. The number of hydrogen-bond donors (Lipinski definition) is 0. The van der Waals surface area contributed by atoms with Crippen LogP contribution >= 0.6 is 23.2 Å². The van der Waals surface area contributed by atoms with Crippen LogP contribution in [0.2, 0.25) is 10.0 Å². The molecular formula is C25H28Cl2N4O2. The molecule has 0 saturated carbocycles. The third-order valence-corrected chi connectivity index (χ3v) is 7.42. The molecule has 8 heteroatoms. The van der Waals surface area contributed by atoms with Gasteiger partial charge >= 0.3 is 0 Å². The van der Waals surface area contributed by atoms with Crippen molar-refractivity contribution in [1.29, 1.82) is 0 Å². The van der Waals surface area contributed by atoms with Crippen molar-refractivity contribution in [1.82, 2.24) is 14.5 Å². The number of benzene rings is 2. The second kappa shape index (κ2) is 9.53. The highest BCUT2D eigenvalue weighted by Crippen LogP contribution is 2.32. The van der Waals surface area contributed by atoms with E-state index in [1.54, 1.807) is 6.07 Å². The number of piperazine rings is 1. The summed E-state index contributed by atoms with van der Waals surface area (Å²) in [5.41, 5.74) is 4.15. The number of hydrogen-bond acceptors (Lipinski definition) is 4. The Balaban J connectivity index is 1.32. The third-order valence-electron chi connectivity index (χ3n) is 6.85. The summed E-state index contributed by atoms with van der Waals surface area (Å²) in [6, 6.07) is 12.0. The lowest BCUT2D eigenvalue weighted by molar-refractivity contribution is -0.140. The van der Waals surface area contributed by atoms with Gasteiger partial charge in [-0.05, 0) is 55.7 Å². The summed E-state index contributed by atoms with van der Waals surface area (Å²) in [7, 11) is 0. The third kappa shape index (κ3) is 4.57. The molecule has 33 heavy (non-hydrogen) atoms. The lowest BCUT2D eigenvalue weighted by atomic mass is 10.0. The Morgan fingerprint density at radius 3 is 2.67 bits per heavy atom. The fraction of sp³-hybridized carbons (Fsp3) is 0.440. The van der Waals surface area contributed by atoms with Gasteiger partial charge in [-0.1, -0.05) is 29.3 Å². The number of carbonyl (C=O) groups excluding carboxylic acids is 1. The second-order valence-electron chi connectivity index (χ2n) is 8.89. The number of ether oxygens (including phenoxy) is 1. The van der Waals surface area contributed by atoms with Crippen LogP contribution in [0.5, 0.6) is 0 Å². The molecule has 174 valence electrons. The predicted molar refractivity (Wildman–Crippen MR) is 132 cm³/mol. The molecule has 0 spiro atoms. The number of fused-ring (bicyclic) bond motifs is 1. The Morgan fingerprint density at radius 2 is 1.94 bits per heavy atom. The van der Waals surface area contributed by atoms with Crippen molar-refractivity contribution in [2.24, 2.45) is 5.92 Å². The van der Waals surface area contributed by atoms with Gasteiger partial charge in [0.15, 0.2) is 0 Å². The standard InChI is InChI=1S/C25H28Cl2N4O2/c1-17(21-6-4-19(26)13-22(21)27)31-16-28-23-7-5-20(14-24(23)31)29-8-10-30(11-9-29)25(32)18-3-2-12-33-15-18/h4-7,13-14,16-18H,2-3,8-12,15H2,1H3. The van der Waals surface area contributed by atoms with E-state index in [0.29, 0.717) is 16.7 Å². The van der Waals surface area contributed by atoms with Gasteiger partial charge in [0.25, 0.3) is 0 Å². The van der Waals surface area contributed by atoms with Gasteiger partial charge in [0.2, 0.25) is 5.91 Å². The highest BCUT2D eigenvalue weighted by Gasteiger charge is 2.29. The predicted octanol–water partition coefficient (Wildman–Crippen LogP) is 5.03. The normalized spacial score (nSPS) is 20.3. The summed E-state index contributed by atoms with van der Waals surface area (Å²) in [6.07, 6.45) is 3.78. The monoisotopic (exact) mass is 486 g/mol. The lowest BCUT2D eigenvalue weighted by Crippen LogP contribution is -2.51. The first-order valence-electron chi connectivity index (χ1n) is 11.5. The molecule has 2 unspecified atom stereocenters. The summed E-state index contributed by atoms with van der Waals surface area (Å²) >= 11 is 12.6. The van der Waals surface area contributed by atoms with Crippen molar-refractivity contribution >= 4 is 45.8 Å². The van der Waals surface area contributed by atoms with Crippen LogP contribution in [-0.2, 0) is 9.53 Å². The molecule has 1 aromatic heterocycles. The molecule has 3 heterocycles. The molecule has 5 rings (SSSR count). The number of anilines is 1. The molecule has 0 radical (unpaired) electrons. The maximum atomic E-state index is 12.8. The first-order valence-corrected chi connectivity index (χ1v) is 12.3. The molecule has 0 N–H and O–H groups in total. The van der Waals surface area contributed by atoms with Gasteiger partial charge in [0.1, 0.15) is 0 Å². The zero-order valence-electron chi connectivity index (χ0n) is 18.7. The Labute approximate surface area is 204 Å². The van der Waals surface area contributed by atoms with Crippen molar-refractivity contribution < 1.29 is 9.53 Å². The Hall–Kier alpha value is -2.28. The number of aromatic nitrogens is 2. The van der Waals surface area contributed by atoms with Crippen molar-refractivity contribution in [3.8, 4) is 0 Å². The van der Waals surface area contributed by atoms with E-state index in [1.807, 2.05) is 23.4 Å². The minimum absolute atomic E-state index is 0.0159. The SMILES string of the molecule is CC(c1ccc(Cl)cc1Cl)n1cnc2ccc(N3CCN(C(=O)C4CCCOC4)CC3)cc21. The Kier molecular flexibility index (Phi) is 6.50. The fourth-order valence-electron chi connectivity index (χ4n) is 4.89. The summed E-state index contributed by atoms with van der Waals surface area (Å²) < 4.78 is 7.66. The molecule has 2 aromatic carbocycles. The van der Waals surface area contributed by atoms with Crippen LogP contribution in [0.1, 0.15) is 31.4 Å². The molecule has 0 aliphatic carbocycles. The zero-order valence-corrected chi connectivity index (χ0v) is 20.2. The van der Waals surface area contributed by atoms with E-state index in [1.165, 1.54) is 0 Å². The van der Waals surface area contributed by atoms with Gasteiger partial charge in [-0.25, -0.2) is 4.98 Å². The molecule has 3 aromatic rings. The van der Waals surface area contributed by atoms with Gasteiger partial charge in [-0.15, -0.1) is 0 Å². The van der Waals surface area contributed by atoms with E-state index in [0.717, 1.165) is 67.9 Å². The van der Waals surface area contributed by atoms with Gasteiger partial charge in [-0.3, -0.25) is 4.79 Å². The van der Waals surface area contributed by atoms with E-state index in [2.05, 4.69) is 39.6 Å². The second-order valence-corrected chi connectivity index (χ2v) is 9.74. The van der Waals surface area contributed by atoms with Crippen molar-refractivity contribution in [3.63, 3.8) is 0 Å². The molecule has 6 nitrogen and oxygen atoms in total. The molecule has 2 atom stereocenters. The van der Waals surface area contributed by atoms with E-state index in [9.17, 15) is 4.79 Å². The number of carbonyl (C=O) groups is 1. The number of amides is 1. The quantitative estimate of drug-likeness (QED) is 0.518. The number of imidazole rings is 1. The highest BCUT2D eigenvalue weighted by atomic mass is 35.5. The maximum Gasteiger partial charge on any atom is 0.228 e.